The van der Waals surface area contributed by atoms with Gasteiger partial charge in [0.2, 0.25) is 17.7 Å². The van der Waals surface area contributed by atoms with Crippen LogP contribution in [0.25, 0.3) is 0 Å². The Morgan fingerprint density at radius 3 is 2.54 bits per heavy atom. The molecule has 1 fully saturated rings. The second-order valence-electron chi connectivity index (χ2n) is 6.09. The minimum atomic E-state index is -0.623. The molecule has 1 aromatic heterocycles. The molecule has 1 aromatic rings. The van der Waals surface area contributed by atoms with Crippen molar-refractivity contribution in [1.29, 1.82) is 0 Å². The molecule has 24 heavy (non-hydrogen) atoms. The van der Waals surface area contributed by atoms with E-state index in [0.717, 1.165) is 17.0 Å². The number of amides is 3. The van der Waals surface area contributed by atoms with Gasteiger partial charge in [0.25, 0.3) is 0 Å². The first-order valence-electron chi connectivity index (χ1n) is 8.12. The Kier molecular flexibility index (Phi) is 5.58. The number of aromatic nitrogens is 2. The van der Waals surface area contributed by atoms with E-state index in [1.54, 1.807) is 4.90 Å². The fourth-order valence-corrected chi connectivity index (χ4v) is 3.11. The lowest BCUT2D eigenvalue weighted by Gasteiger charge is -2.40. The number of piperazine rings is 1. The van der Waals surface area contributed by atoms with Crippen molar-refractivity contribution in [1.82, 2.24) is 25.3 Å². The Morgan fingerprint density at radius 1 is 1.29 bits per heavy atom. The van der Waals surface area contributed by atoms with Gasteiger partial charge in [-0.25, -0.2) is 0 Å². The molecule has 2 N–H and O–H groups in total. The topological polar surface area (TPSA) is 98.4 Å². The number of carbonyl (C=O) groups excluding carboxylic acids is 3. The van der Waals surface area contributed by atoms with Gasteiger partial charge in [-0.1, -0.05) is 0 Å². The summed E-state index contributed by atoms with van der Waals surface area (Å²) in [5, 5.41) is 9.62. The molecule has 2 heterocycles. The van der Waals surface area contributed by atoms with Crippen LogP contribution in [0, 0.1) is 13.8 Å². The molecule has 132 valence electrons. The minimum absolute atomic E-state index is 0.00731. The molecule has 1 aliphatic rings. The van der Waals surface area contributed by atoms with Gasteiger partial charge in [0.1, 0.15) is 6.04 Å². The Labute approximate surface area is 141 Å². The number of aromatic amines is 1. The molecule has 0 aromatic carbocycles. The van der Waals surface area contributed by atoms with E-state index in [1.165, 1.54) is 18.9 Å². The third-order valence-corrected chi connectivity index (χ3v) is 4.56. The first-order valence-corrected chi connectivity index (χ1v) is 8.12. The quantitative estimate of drug-likeness (QED) is 0.794. The summed E-state index contributed by atoms with van der Waals surface area (Å²) in [4.78, 5) is 39.4. The number of nitrogens with one attached hydrogen (secondary N) is 2. The van der Waals surface area contributed by atoms with Crippen molar-refractivity contribution in [2.45, 2.75) is 39.7 Å². The third kappa shape index (κ3) is 3.74. The molecule has 0 bridgehead atoms. The summed E-state index contributed by atoms with van der Waals surface area (Å²) in [6, 6.07) is -0.623. The number of aryl methyl sites for hydroxylation is 2. The molecule has 8 nitrogen and oxygen atoms in total. The molecule has 0 spiro atoms. The number of rotatable bonds is 4. The second kappa shape index (κ2) is 7.46. The maximum atomic E-state index is 12.5. The van der Waals surface area contributed by atoms with Crippen molar-refractivity contribution < 1.29 is 14.4 Å². The van der Waals surface area contributed by atoms with Crippen LogP contribution >= 0.6 is 0 Å². The van der Waals surface area contributed by atoms with Gasteiger partial charge in [-0.05, 0) is 25.8 Å². The first-order chi connectivity index (χ1) is 11.3. The Balaban J connectivity index is 2.00. The number of hydrogen-bond donors (Lipinski definition) is 2. The SMILES string of the molecule is CNC(=O)[C@H]1CN(C(=O)CCc2c(C)n[nH]c2C)CCN1C(C)=O. The maximum absolute atomic E-state index is 12.5. The lowest BCUT2D eigenvalue weighted by atomic mass is 10.1. The normalized spacial score (nSPS) is 17.8. The summed E-state index contributed by atoms with van der Waals surface area (Å²) >= 11 is 0. The van der Waals surface area contributed by atoms with E-state index in [-0.39, 0.29) is 24.3 Å². The molecule has 1 aliphatic heterocycles. The van der Waals surface area contributed by atoms with Gasteiger partial charge >= 0.3 is 0 Å². The van der Waals surface area contributed by atoms with Crippen molar-refractivity contribution in [2.24, 2.45) is 0 Å². The van der Waals surface area contributed by atoms with E-state index in [1.807, 2.05) is 13.8 Å². The van der Waals surface area contributed by atoms with Crippen LogP contribution < -0.4 is 5.32 Å². The lowest BCUT2D eigenvalue weighted by molar-refractivity contribution is -0.147. The molecular formula is C16H25N5O3. The maximum Gasteiger partial charge on any atom is 0.244 e. The molecule has 1 saturated heterocycles. The van der Waals surface area contributed by atoms with Crippen LogP contribution in [0.1, 0.15) is 30.3 Å². The first kappa shape index (κ1) is 18.0. The minimum Gasteiger partial charge on any atom is -0.357 e. The van der Waals surface area contributed by atoms with E-state index in [0.29, 0.717) is 25.9 Å². The molecule has 0 saturated carbocycles. The van der Waals surface area contributed by atoms with Gasteiger partial charge in [-0.2, -0.15) is 5.10 Å². The fraction of sp³-hybridized carbons (Fsp3) is 0.625. The van der Waals surface area contributed by atoms with Gasteiger partial charge in [-0.15, -0.1) is 0 Å². The van der Waals surface area contributed by atoms with Crippen LogP contribution in [0.2, 0.25) is 0 Å². The van der Waals surface area contributed by atoms with E-state index in [4.69, 9.17) is 0 Å². The standard InChI is InChI=1S/C16H25N5O3/c1-10-13(11(2)19-18-10)5-6-15(23)20-7-8-21(12(3)22)14(9-20)16(24)17-4/h14H,5-9H2,1-4H3,(H,17,24)(H,18,19)/t14-/m1/s1. The van der Waals surface area contributed by atoms with Crippen molar-refractivity contribution in [3.63, 3.8) is 0 Å². The van der Waals surface area contributed by atoms with Gasteiger partial charge in [0.15, 0.2) is 0 Å². The van der Waals surface area contributed by atoms with Gasteiger partial charge in [0.05, 0.1) is 12.2 Å². The van der Waals surface area contributed by atoms with E-state index >= 15 is 0 Å². The summed E-state index contributed by atoms with van der Waals surface area (Å²) in [6.45, 7) is 6.36. The van der Waals surface area contributed by atoms with Crippen LogP contribution in [0.3, 0.4) is 0 Å². The van der Waals surface area contributed by atoms with Gasteiger partial charge in [-0.3, -0.25) is 19.5 Å². The average Bonchev–Trinajstić information content (AvgIpc) is 2.89. The number of carbonyl (C=O) groups is 3. The zero-order chi connectivity index (χ0) is 17.9. The molecular weight excluding hydrogens is 310 g/mol. The fourth-order valence-electron chi connectivity index (χ4n) is 3.11. The highest BCUT2D eigenvalue weighted by Gasteiger charge is 2.35. The lowest BCUT2D eigenvalue weighted by Crippen LogP contribution is -2.60. The smallest absolute Gasteiger partial charge is 0.244 e. The van der Waals surface area contributed by atoms with Crippen LogP contribution in [0.5, 0.6) is 0 Å². The van der Waals surface area contributed by atoms with Crippen molar-refractivity contribution >= 4 is 17.7 Å². The summed E-state index contributed by atoms with van der Waals surface area (Å²) in [6.07, 6.45) is 0.978. The van der Waals surface area contributed by atoms with Crippen molar-refractivity contribution in [3.05, 3.63) is 17.0 Å². The van der Waals surface area contributed by atoms with Crippen LogP contribution in [-0.4, -0.2) is 70.4 Å². The molecule has 0 unspecified atom stereocenters. The van der Waals surface area contributed by atoms with Gasteiger partial charge < -0.3 is 15.1 Å². The second-order valence-corrected chi connectivity index (χ2v) is 6.09. The zero-order valence-electron chi connectivity index (χ0n) is 14.7. The summed E-state index contributed by atoms with van der Waals surface area (Å²) < 4.78 is 0. The number of hydrogen-bond acceptors (Lipinski definition) is 4. The summed E-state index contributed by atoms with van der Waals surface area (Å²) in [7, 11) is 1.53. The van der Waals surface area contributed by atoms with Crippen LogP contribution in [-0.2, 0) is 20.8 Å². The van der Waals surface area contributed by atoms with E-state index < -0.39 is 6.04 Å². The molecule has 3 amide bonds. The Hall–Kier alpha value is -2.38. The zero-order valence-corrected chi connectivity index (χ0v) is 14.7. The molecule has 2 rings (SSSR count). The Bertz CT molecular complexity index is 620. The van der Waals surface area contributed by atoms with Crippen LogP contribution in [0.4, 0.5) is 0 Å². The summed E-state index contributed by atoms with van der Waals surface area (Å²) in [5.74, 6) is -0.406. The van der Waals surface area contributed by atoms with E-state index in [9.17, 15) is 14.4 Å². The molecule has 0 aliphatic carbocycles. The summed E-state index contributed by atoms with van der Waals surface area (Å²) in [5.41, 5.74) is 2.95. The molecule has 0 radical (unpaired) electrons. The van der Waals surface area contributed by atoms with Gasteiger partial charge in [0, 0.05) is 39.2 Å². The van der Waals surface area contributed by atoms with E-state index in [2.05, 4.69) is 15.5 Å². The largest absolute Gasteiger partial charge is 0.357 e. The highest BCUT2D eigenvalue weighted by Crippen LogP contribution is 2.15. The number of likely N-dealkylation sites (N-methyl/N-ethyl adjacent to an activating group) is 1. The van der Waals surface area contributed by atoms with Crippen molar-refractivity contribution in [3.8, 4) is 0 Å². The highest BCUT2D eigenvalue weighted by atomic mass is 16.2. The Morgan fingerprint density at radius 2 is 2.00 bits per heavy atom. The predicted octanol–water partition coefficient (Wildman–Crippen LogP) is -0.236. The highest BCUT2D eigenvalue weighted by molar-refractivity contribution is 5.88. The predicted molar refractivity (Wildman–Crippen MR) is 88.2 cm³/mol. The van der Waals surface area contributed by atoms with Crippen molar-refractivity contribution in [2.75, 3.05) is 26.7 Å². The molecule has 1 atom stereocenters. The molecule has 8 heteroatoms. The monoisotopic (exact) mass is 335 g/mol. The van der Waals surface area contributed by atoms with Crippen LogP contribution in [0.15, 0.2) is 0 Å². The average molecular weight is 335 g/mol. The third-order valence-electron chi connectivity index (χ3n) is 4.56. The number of H-pyrrole nitrogens is 1. The number of nitrogens with zero attached hydrogens (tertiary/aromatic N) is 3.